The average molecular weight is 408 g/mol. The summed E-state index contributed by atoms with van der Waals surface area (Å²) in [5.41, 5.74) is 1.54. The molecule has 29 heavy (non-hydrogen) atoms. The molecule has 0 aliphatic carbocycles. The SMILES string of the molecule is CS(=O)(=O)N(CC(=O)Nc1ccccc1C(=O)c1ccccc1)c1ccccc1. The fraction of sp³-hybridized carbons (Fsp3) is 0.0909. The van der Waals surface area contributed by atoms with Crippen LogP contribution >= 0.6 is 0 Å². The first-order valence-corrected chi connectivity index (χ1v) is 10.7. The van der Waals surface area contributed by atoms with Crippen LogP contribution in [0.5, 0.6) is 0 Å². The number of hydrogen-bond donors (Lipinski definition) is 1. The predicted octanol–water partition coefficient (Wildman–Crippen LogP) is 3.32. The number of sulfonamides is 1. The maximum Gasteiger partial charge on any atom is 0.245 e. The van der Waals surface area contributed by atoms with Crippen molar-refractivity contribution in [3.8, 4) is 0 Å². The molecule has 148 valence electrons. The van der Waals surface area contributed by atoms with Gasteiger partial charge in [-0.2, -0.15) is 0 Å². The first kappa shape index (κ1) is 20.3. The molecule has 3 rings (SSSR count). The minimum atomic E-state index is -3.67. The van der Waals surface area contributed by atoms with E-state index in [2.05, 4.69) is 5.32 Å². The highest BCUT2D eigenvalue weighted by Gasteiger charge is 2.22. The molecule has 0 radical (unpaired) electrons. The Labute approximate surface area is 169 Å². The van der Waals surface area contributed by atoms with Crippen LogP contribution in [0.4, 0.5) is 11.4 Å². The zero-order chi connectivity index (χ0) is 20.9. The Balaban J connectivity index is 1.83. The summed E-state index contributed by atoms with van der Waals surface area (Å²) in [7, 11) is -3.67. The summed E-state index contributed by atoms with van der Waals surface area (Å²) in [5, 5.41) is 2.67. The van der Waals surface area contributed by atoms with E-state index in [1.54, 1.807) is 78.9 Å². The quantitative estimate of drug-likeness (QED) is 0.608. The van der Waals surface area contributed by atoms with E-state index in [1.165, 1.54) is 0 Å². The van der Waals surface area contributed by atoms with E-state index in [9.17, 15) is 18.0 Å². The van der Waals surface area contributed by atoms with Crippen molar-refractivity contribution in [1.82, 2.24) is 0 Å². The number of carbonyl (C=O) groups excluding carboxylic acids is 2. The van der Waals surface area contributed by atoms with Gasteiger partial charge >= 0.3 is 0 Å². The first-order chi connectivity index (χ1) is 13.9. The molecule has 0 saturated carbocycles. The Bertz CT molecular complexity index is 1110. The molecule has 0 fully saturated rings. The second-order valence-electron chi connectivity index (χ2n) is 6.39. The molecule has 6 nitrogen and oxygen atoms in total. The molecule has 0 heterocycles. The summed E-state index contributed by atoms with van der Waals surface area (Å²) >= 11 is 0. The minimum Gasteiger partial charge on any atom is -0.324 e. The van der Waals surface area contributed by atoms with Gasteiger partial charge in [0.15, 0.2) is 5.78 Å². The largest absolute Gasteiger partial charge is 0.324 e. The number of carbonyl (C=O) groups is 2. The van der Waals surface area contributed by atoms with Gasteiger partial charge in [0.2, 0.25) is 15.9 Å². The lowest BCUT2D eigenvalue weighted by Gasteiger charge is -2.22. The average Bonchev–Trinajstić information content (AvgIpc) is 2.72. The van der Waals surface area contributed by atoms with E-state index in [0.29, 0.717) is 22.5 Å². The summed E-state index contributed by atoms with van der Waals surface area (Å²) in [6.07, 6.45) is 1.04. The van der Waals surface area contributed by atoms with Gasteiger partial charge in [-0.05, 0) is 24.3 Å². The second-order valence-corrected chi connectivity index (χ2v) is 8.30. The third-order valence-electron chi connectivity index (χ3n) is 4.21. The van der Waals surface area contributed by atoms with Gasteiger partial charge in [0.05, 0.1) is 17.6 Å². The number of amides is 1. The monoisotopic (exact) mass is 408 g/mol. The number of nitrogens with zero attached hydrogens (tertiary/aromatic N) is 1. The third kappa shape index (κ3) is 5.08. The van der Waals surface area contributed by atoms with Crippen molar-refractivity contribution in [1.29, 1.82) is 0 Å². The van der Waals surface area contributed by atoms with Gasteiger partial charge < -0.3 is 5.32 Å². The lowest BCUT2D eigenvalue weighted by Crippen LogP contribution is -2.37. The highest BCUT2D eigenvalue weighted by atomic mass is 32.2. The van der Waals surface area contributed by atoms with E-state index in [-0.39, 0.29) is 5.78 Å². The van der Waals surface area contributed by atoms with Gasteiger partial charge in [0.25, 0.3) is 0 Å². The molecule has 1 N–H and O–H groups in total. The van der Waals surface area contributed by atoms with Gasteiger partial charge in [-0.25, -0.2) is 8.42 Å². The molecular weight excluding hydrogens is 388 g/mol. The van der Waals surface area contributed by atoms with Crippen molar-refractivity contribution in [2.45, 2.75) is 0 Å². The molecule has 0 aliphatic rings. The van der Waals surface area contributed by atoms with Crippen LogP contribution in [0.3, 0.4) is 0 Å². The normalized spacial score (nSPS) is 10.9. The van der Waals surface area contributed by atoms with E-state index < -0.39 is 22.5 Å². The number of nitrogens with one attached hydrogen (secondary N) is 1. The molecule has 3 aromatic rings. The molecule has 0 atom stereocenters. The van der Waals surface area contributed by atoms with Crippen molar-refractivity contribution < 1.29 is 18.0 Å². The van der Waals surface area contributed by atoms with Crippen LogP contribution in [-0.4, -0.2) is 32.9 Å². The minimum absolute atomic E-state index is 0.232. The van der Waals surface area contributed by atoms with Crippen LogP contribution < -0.4 is 9.62 Å². The van der Waals surface area contributed by atoms with E-state index >= 15 is 0 Å². The van der Waals surface area contributed by atoms with Crippen molar-refractivity contribution in [3.63, 3.8) is 0 Å². The van der Waals surface area contributed by atoms with Crippen LogP contribution in [0.2, 0.25) is 0 Å². The van der Waals surface area contributed by atoms with Crippen LogP contribution in [0.1, 0.15) is 15.9 Å². The lowest BCUT2D eigenvalue weighted by molar-refractivity contribution is -0.114. The molecule has 0 aliphatic heterocycles. The van der Waals surface area contributed by atoms with E-state index in [4.69, 9.17) is 0 Å². The summed E-state index contributed by atoms with van der Waals surface area (Å²) in [6.45, 7) is -0.406. The number of ketones is 1. The first-order valence-electron chi connectivity index (χ1n) is 8.87. The maximum absolute atomic E-state index is 12.8. The number of hydrogen-bond acceptors (Lipinski definition) is 4. The number of rotatable bonds is 7. The second kappa shape index (κ2) is 8.70. The van der Waals surface area contributed by atoms with Gasteiger partial charge in [0.1, 0.15) is 6.54 Å². The fourth-order valence-electron chi connectivity index (χ4n) is 2.85. The summed E-state index contributed by atoms with van der Waals surface area (Å²) in [6, 6.07) is 23.7. The van der Waals surface area contributed by atoms with E-state index in [1.807, 2.05) is 6.07 Å². The molecule has 0 bridgehead atoms. The number of para-hydroxylation sites is 2. The molecule has 1 amide bonds. The smallest absolute Gasteiger partial charge is 0.245 e. The topological polar surface area (TPSA) is 83.6 Å². The van der Waals surface area contributed by atoms with E-state index in [0.717, 1.165) is 10.6 Å². The van der Waals surface area contributed by atoms with Crippen LogP contribution in [0.15, 0.2) is 84.9 Å². The van der Waals surface area contributed by atoms with Crippen molar-refractivity contribution in [2.75, 3.05) is 22.4 Å². The zero-order valence-corrected chi connectivity index (χ0v) is 16.6. The molecule has 7 heteroatoms. The van der Waals surface area contributed by atoms with Crippen molar-refractivity contribution >= 4 is 33.1 Å². The Morgan fingerprint density at radius 3 is 2.00 bits per heavy atom. The predicted molar refractivity (Wildman–Crippen MR) is 114 cm³/mol. The van der Waals surface area contributed by atoms with Gasteiger partial charge in [-0.3, -0.25) is 13.9 Å². The molecule has 3 aromatic carbocycles. The summed E-state index contributed by atoms with van der Waals surface area (Å²) < 4.78 is 25.4. The van der Waals surface area contributed by atoms with Gasteiger partial charge in [-0.15, -0.1) is 0 Å². The zero-order valence-electron chi connectivity index (χ0n) is 15.8. The van der Waals surface area contributed by atoms with Crippen LogP contribution in [0, 0.1) is 0 Å². The Kier molecular flexibility index (Phi) is 6.09. The van der Waals surface area contributed by atoms with Crippen LogP contribution in [0.25, 0.3) is 0 Å². The van der Waals surface area contributed by atoms with Gasteiger partial charge in [0, 0.05) is 11.1 Å². The molecule has 0 unspecified atom stereocenters. The van der Waals surface area contributed by atoms with Crippen molar-refractivity contribution in [2.24, 2.45) is 0 Å². The van der Waals surface area contributed by atoms with Crippen molar-refractivity contribution in [3.05, 3.63) is 96.1 Å². The summed E-state index contributed by atoms with van der Waals surface area (Å²) in [5.74, 6) is -0.780. The Morgan fingerprint density at radius 1 is 0.828 bits per heavy atom. The Hall–Kier alpha value is -3.45. The van der Waals surface area contributed by atoms with Crippen LogP contribution in [-0.2, 0) is 14.8 Å². The standard InChI is InChI=1S/C22H20N2O4S/c1-29(27,28)24(18-12-6-3-7-13-18)16-21(25)23-20-15-9-8-14-19(20)22(26)17-10-4-2-5-11-17/h2-15H,16H2,1H3,(H,23,25). The molecule has 0 saturated heterocycles. The lowest BCUT2D eigenvalue weighted by atomic mass is 10.0. The summed E-state index contributed by atoms with van der Waals surface area (Å²) in [4.78, 5) is 25.4. The highest BCUT2D eigenvalue weighted by Crippen LogP contribution is 2.21. The molecule has 0 spiro atoms. The number of benzene rings is 3. The highest BCUT2D eigenvalue weighted by molar-refractivity contribution is 7.92. The maximum atomic E-state index is 12.8. The number of anilines is 2. The molecular formula is C22H20N2O4S. The molecule has 0 aromatic heterocycles. The van der Waals surface area contributed by atoms with Gasteiger partial charge in [-0.1, -0.05) is 60.7 Å². The Morgan fingerprint density at radius 2 is 1.38 bits per heavy atom. The fourth-order valence-corrected chi connectivity index (χ4v) is 3.71. The third-order valence-corrected chi connectivity index (χ3v) is 5.35.